The molecule has 2 nitrogen and oxygen atoms in total. The zero-order valence-electron chi connectivity index (χ0n) is 12.4. The van der Waals surface area contributed by atoms with Crippen LogP contribution in [0.5, 0.6) is 0 Å². The molecule has 0 saturated carbocycles. The van der Waals surface area contributed by atoms with Crippen molar-refractivity contribution in [3.05, 3.63) is 35.2 Å². The van der Waals surface area contributed by atoms with Crippen molar-refractivity contribution < 1.29 is 0 Å². The van der Waals surface area contributed by atoms with Crippen molar-refractivity contribution in [2.75, 3.05) is 7.05 Å². The van der Waals surface area contributed by atoms with Crippen LogP contribution in [0.1, 0.15) is 52.9 Å². The van der Waals surface area contributed by atoms with Gasteiger partial charge in [0.05, 0.1) is 0 Å². The Hall–Kier alpha value is -1.31. The van der Waals surface area contributed by atoms with E-state index in [-0.39, 0.29) is 0 Å². The molecule has 0 heterocycles. The molecule has 0 unspecified atom stereocenters. The third-order valence-corrected chi connectivity index (χ3v) is 2.84. The molecule has 0 aliphatic carbocycles. The summed E-state index contributed by atoms with van der Waals surface area (Å²) < 4.78 is 0. The summed E-state index contributed by atoms with van der Waals surface area (Å²) in [5.74, 6) is 0. The SMILES string of the molecule is C=N/C(CCC)=C(/C=C\NC)CC/C(C)=C/CC. The first-order chi connectivity index (χ1) is 8.69. The second-order valence-electron chi connectivity index (χ2n) is 4.46. The number of rotatable bonds is 9. The number of hydrogen-bond donors (Lipinski definition) is 1. The van der Waals surface area contributed by atoms with Gasteiger partial charge < -0.3 is 5.32 Å². The van der Waals surface area contributed by atoms with Crippen LogP contribution < -0.4 is 5.32 Å². The van der Waals surface area contributed by atoms with Gasteiger partial charge in [-0.2, -0.15) is 0 Å². The van der Waals surface area contributed by atoms with E-state index in [4.69, 9.17) is 0 Å². The predicted octanol–water partition coefficient (Wildman–Crippen LogP) is 4.61. The van der Waals surface area contributed by atoms with Gasteiger partial charge in [0.2, 0.25) is 0 Å². The van der Waals surface area contributed by atoms with Crippen LogP contribution in [-0.4, -0.2) is 13.8 Å². The summed E-state index contributed by atoms with van der Waals surface area (Å²) in [5.41, 5.74) is 3.88. The fourth-order valence-corrected chi connectivity index (χ4v) is 1.87. The largest absolute Gasteiger partial charge is 0.394 e. The summed E-state index contributed by atoms with van der Waals surface area (Å²) in [6, 6.07) is 0. The molecule has 0 aromatic rings. The fourth-order valence-electron chi connectivity index (χ4n) is 1.87. The molecule has 0 spiro atoms. The van der Waals surface area contributed by atoms with Crippen molar-refractivity contribution in [1.82, 2.24) is 5.32 Å². The molecular weight excluding hydrogens is 220 g/mol. The maximum Gasteiger partial charge on any atom is 0.0428 e. The lowest BCUT2D eigenvalue weighted by atomic mass is 10.0. The zero-order chi connectivity index (χ0) is 13.8. The Balaban J connectivity index is 4.82. The monoisotopic (exact) mass is 248 g/mol. The molecule has 0 bridgehead atoms. The standard InChI is InChI=1S/C16H28N2/c1-6-8-14(3)10-11-15(12-13-17-4)16(18-5)9-7-2/h8,12-13,17H,5-7,9-11H2,1-4H3/b13-12-,14-8+,16-15+. The Morgan fingerprint density at radius 1 is 1.22 bits per heavy atom. The van der Waals surface area contributed by atoms with Gasteiger partial charge in [0, 0.05) is 12.7 Å². The Morgan fingerprint density at radius 2 is 1.94 bits per heavy atom. The Morgan fingerprint density at radius 3 is 2.44 bits per heavy atom. The number of nitrogens with zero attached hydrogens (tertiary/aromatic N) is 1. The number of aliphatic imine (C=N–C) groups is 1. The molecule has 102 valence electrons. The average Bonchev–Trinajstić information content (AvgIpc) is 2.37. The molecule has 0 fully saturated rings. The molecule has 18 heavy (non-hydrogen) atoms. The highest BCUT2D eigenvalue weighted by Gasteiger charge is 2.02. The van der Waals surface area contributed by atoms with Crippen molar-refractivity contribution in [2.24, 2.45) is 4.99 Å². The first-order valence-corrected chi connectivity index (χ1v) is 6.87. The highest BCUT2D eigenvalue weighted by Crippen LogP contribution is 2.20. The maximum absolute atomic E-state index is 4.19. The van der Waals surface area contributed by atoms with E-state index in [9.17, 15) is 0 Å². The fraction of sp³-hybridized carbons (Fsp3) is 0.562. The van der Waals surface area contributed by atoms with Gasteiger partial charge in [-0.1, -0.05) is 31.9 Å². The number of allylic oxidation sites excluding steroid dienone is 5. The molecule has 1 N–H and O–H groups in total. The van der Waals surface area contributed by atoms with Crippen LogP contribution in [0.15, 0.2) is 40.2 Å². The maximum atomic E-state index is 4.19. The molecule has 0 atom stereocenters. The Labute approximate surface area is 113 Å². The van der Waals surface area contributed by atoms with E-state index in [1.807, 2.05) is 13.2 Å². The minimum Gasteiger partial charge on any atom is -0.394 e. The van der Waals surface area contributed by atoms with E-state index in [2.05, 4.69) is 49.9 Å². The molecule has 0 amide bonds. The summed E-state index contributed by atoms with van der Waals surface area (Å²) in [7, 11) is 1.91. The summed E-state index contributed by atoms with van der Waals surface area (Å²) in [5, 5.41) is 3.04. The van der Waals surface area contributed by atoms with Crippen LogP contribution in [0.2, 0.25) is 0 Å². The van der Waals surface area contributed by atoms with Crippen molar-refractivity contribution in [3.8, 4) is 0 Å². The van der Waals surface area contributed by atoms with Crippen molar-refractivity contribution in [3.63, 3.8) is 0 Å². The molecule has 0 saturated heterocycles. The van der Waals surface area contributed by atoms with Gasteiger partial charge in [0.1, 0.15) is 0 Å². The van der Waals surface area contributed by atoms with Crippen molar-refractivity contribution >= 4 is 6.72 Å². The molecule has 0 aromatic heterocycles. The second kappa shape index (κ2) is 10.8. The molecular formula is C16H28N2. The van der Waals surface area contributed by atoms with E-state index >= 15 is 0 Å². The van der Waals surface area contributed by atoms with Crippen molar-refractivity contribution in [1.29, 1.82) is 0 Å². The van der Waals surface area contributed by atoms with Gasteiger partial charge >= 0.3 is 0 Å². The molecule has 0 aromatic carbocycles. The number of nitrogens with one attached hydrogen (secondary N) is 1. The van der Waals surface area contributed by atoms with Gasteiger partial charge in [-0.15, -0.1) is 0 Å². The highest BCUT2D eigenvalue weighted by molar-refractivity contribution is 5.34. The van der Waals surface area contributed by atoms with Crippen LogP contribution in [0, 0.1) is 0 Å². The van der Waals surface area contributed by atoms with Crippen LogP contribution in [0.4, 0.5) is 0 Å². The second-order valence-corrected chi connectivity index (χ2v) is 4.46. The predicted molar refractivity (Wildman–Crippen MR) is 83.0 cm³/mol. The van der Waals surface area contributed by atoms with E-state index < -0.39 is 0 Å². The number of hydrogen-bond acceptors (Lipinski definition) is 2. The van der Waals surface area contributed by atoms with E-state index in [0.717, 1.165) is 37.8 Å². The minimum atomic E-state index is 1.00. The molecule has 0 rings (SSSR count). The lowest BCUT2D eigenvalue weighted by Gasteiger charge is -2.08. The zero-order valence-corrected chi connectivity index (χ0v) is 12.4. The van der Waals surface area contributed by atoms with Crippen LogP contribution in [0.3, 0.4) is 0 Å². The highest BCUT2D eigenvalue weighted by atomic mass is 14.8. The molecule has 2 heteroatoms. The summed E-state index contributed by atoms with van der Waals surface area (Å²) in [6.45, 7) is 10.2. The molecule has 0 aliphatic rings. The third kappa shape index (κ3) is 7.10. The topological polar surface area (TPSA) is 24.4 Å². The van der Waals surface area contributed by atoms with Gasteiger partial charge in [-0.3, -0.25) is 4.99 Å². The normalized spacial score (nSPS) is 13.7. The average molecular weight is 248 g/mol. The molecule has 0 aliphatic heterocycles. The van der Waals surface area contributed by atoms with E-state index in [0.29, 0.717) is 0 Å². The van der Waals surface area contributed by atoms with Crippen LogP contribution in [-0.2, 0) is 0 Å². The quantitative estimate of drug-likeness (QED) is 0.359. The lowest BCUT2D eigenvalue weighted by molar-refractivity contribution is 0.848. The summed E-state index contributed by atoms with van der Waals surface area (Å²) in [6.07, 6.45) is 11.7. The Bertz CT molecular complexity index is 322. The van der Waals surface area contributed by atoms with Crippen molar-refractivity contribution in [2.45, 2.75) is 52.9 Å². The van der Waals surface area contributed by atoms with Gasteiger partial charge in [0.25, 0.3) is 0 Å². The first-order valence-electron chi connectivity index (χ1n) is 6.87. The minimum absolute atomic E-state index is 1.00. The summed E-state index contributed by atoms with van der Waals surface area (Å²) in [4.78, 5) is 4.19. The van der Waals surface area contributed by atoms with Crippen LogP contribution >= 0.6 is 0 Å². The molecule has 0 radical (unpaired) electrons. The lowest BCUT2D eigenvalue weighted by Crippen LogP contribution is -1.95. The van der Waals surface area contributed by atoms with Gasteiger partial charge in [0.15, 0.2) is 0 Å². The van der Waals surface area contributed by atoms with Gasteiger partial charge in [-0.05, 0) is 57.2 Å². The van der Waals surface area contributed by atoms with Crippen LogP contribution in [0.25, 0.3) is 0 Å². The smallest absolute Gasteiger partial charge is 0.0428 e. The van der Waals surface area contributed by atoms with E-state index in [1.165, 1.54) is 11.1 Å². The van der Waals surface area contributed by atoms with E-state index in [1.54, 1.807) is 0 Å². The Kier molecular flexibility index (Phi) is 10.0. The third-order valence-electron chi connectivity index (χ3n) is 2.84. The first kappa shape index (κ1) is 16.7. The summed E-state index contributed by atoms with van der Waals surface area (Å²) >= 11 is 0. The van der Waals surface area contributed by atoms with Gasteiger partial charge in [-0.25, -0.2) is 0 Å².